The molecule has 0 spiro atoms. The van der Waals surface area contributed by atoms with Crippen LogP contribution in [-0.2, 0) is 0 Å². The van der Waals surface area contributed by atoms with Crippen molar-refractivity contribution in [1.82, 2.24) is 4.90 Å². The molecule has 1 saturated heterocycles. The first-order valence-corrected chi connectivity index (χ1v) is 5.04. The molecule has 1 atom stereocenters. The summed E-state index contributed by atoms with van der Waals surface area (Å²) in [6.45, 7) is 6.84. The van der Waals surface area contributed by atoms with E-state index in [1.54, 1.807) is 0 Å². The molecule has 2 heteroatoms. The van der Waals surface area contributed by atoms with E-state index in [9.17, 15) is 5.11 Å². The van der Waals surface area contributed by atoms with Gasteiger partial charge in [0.15, 0.2) is 0 Å². The van der Waals surface area contributed by atoms with Gasteiger partial charge in [-0.3, -0.25) is 4.90 Å². The number of aliphatic hydroxyl groups is 1. The van der Waals surface area contributed by atoms with Crippen molar-refractivity contribution in [3.63, 3.8) is 0 Å². The number of rotatable bonds is 2. The van der Waals surface area contributed by atoms with Gasteiger partial charge in [0, 0.05) is 0 Å². The summed E-state index contributed by atoms with van der Waals surface area (Å²) in [6.07, 6.45) is 2.09. The third-order valence-electron chi connectivity index (χ3n) is 2.79. The summed E-state index contributed by atoms with van der Waals surface area (Å²) in [6, 6.07) is 0. The van der Waals surface area contributed by atoms with E-state index in [-0.39, 0.29) is 6.10 Å². The van der Waals surface area contributed by atoms with Gasteiger partial charge in [0.1, 0.15) is 0 Å². The van der Waals surface area contributed by atoms with Gasteiger partial charge in [-0.05, 0) is 45.7 Å². The Balaban J connectivity index is 2.25. The van der Waals surface area contributed by atoms with Crippen LogP contribution in [0.25, 0.3) is 0 Å². The molecule has 1 heterocycles. The monoisotopic (exact) mass is 181 g/mol. The summed E-state index contributed by atoms with van der Waals surface area (Å²) in [5.74, 6) is 6.49. The number of hydrogen-bond donors (Lipinski definition) is 1. The molecule has 0 aromatic rings. The highest BCUT2D eigenvalue weighted by atomic mass is 16.3. The molecule has 74 valence electrons. The van der Waals surface area contributed by atoms with Crippen molar-refractivity contribution in [3.05, 3.63) is 0 Å². The maximum atomic E-state index is 9.39. The number of aliphatic hydroxyl groups excluding tert-OH is 1. The van der Waals surface area contributed by atoms with Gasteiger partial charge in [0.2, 0.25) is 0 Å². The lowest BCUT2D eigenvalue weighted by Gasteiger charge is -2.31. The Hall–Kier alpha value is -0.520. The molecular weight excluding hydrogens is 162 g/mol. The molecule has 1 aliphatic rings. The number of piperidine rings is 1. The van der Waals surface area contributed by atoms with Crippen LogP contribution >= 0.6 is 0 Å². The van der Waals surface area contributed by atoms with E-state index in [0.29, 0.717) is 5.92 Å². The molecule has 1 rings (SSSR count). The molecule has 1 unspecified atom stereocenters. The average molecular weight is 181 g/mol. The fourth-order valence-electron chi connectivity index (χ4n) is 1.78. The normalized spacial score (nSPS) is 22.1. The second-order valence-corrected chi connectivity index (χ2v) is 3.78. The molecule has 0 aromatic carbocycles. The van der Waals surface area contributed by atoms with Gasteiger partial charge >= 0.3 is 0 Å². The van der Waals surface area contributed by atoms with Gasteiger partial charge in [-0.1, -0.05) is 5.92 Å². The highest BCUT2D eigenvalue weighted by molar-refractivity contribution is 4.98. The lowest BCUT2D eigenvalue weighted by molar-refractivity contribution is 0.0762. The minimum atomic E-state index is -0.139. The van der Waals surface area contributed by atoms with E-state index in [1.807, 2.05) is 13.8 Å². The second kappa shape index (κ2) is 5.26. The third kappa shape index (κ3) is 3.38. The van der Waals surface area contributed by atoms with Gasteiger partial charge < -0.3 is 5.11 Å². The van der Waals surface area contributed by atoms with Gasteiger partial charge in [-0.25, -0.2) is 0 Å². The summed E-state index contributed by atoms with van der Waals surface area (Å²) in [5, 5.41) is 9.39. The summed E-state index contributed by atoms with van der Waals surface area (Å²) < 4.78 is 0. The maximum Gasteiger partial charge on any atom is 0.0601 e. The van der Waals surface area contributed by atoms with Gasteiger partial charge in [0.25, 0.3) is 0 Å². The summed E-state index contributed by atoms with van der Waals surface area (Å²) in [5.41, 5.74) is 0. The van der Waals surface area contributed by atoms with E-state index in [4.69, 9.17) is 0 Å². The predicted molar refractivity (Wildman–Crippen MR) is 54.3 cm³/mol. The van der Waals surface area contributed by atoms with Crippen LogP contribution in [0.15, 0.2) is 0 Å². The number of likely N-dealkylation sites (tertiary alicyclic amines) is 1. The fraction of sp³-hybridized carbons (Fsp3) is 0.818. The lowest BCUT2D eigenvalue weighted by atomic mass is 9.92. The predicted octanol–water partition coefficient (Wildman–Crippen LogP) is 1.10. The van der Waals surface area contributed by atoms with E-state index in [2.05, 4.69) is 16.7 Å². The first kappa shape index (κ1) is 10.6. The molecule has 1 fully saturated rings. The van der Waals surface area contributed by atoms with Crippen LogP contribution in [0.5, 0.6) is 0 Å². The zero-order valence-corrected chi connectivity index (χ0v) is 8.58. The Morgan fingerprint density at radius 2 is 2.08 bits per heavy atom. The van der Waals surface area contributed by atoms with E-state index in [1.165, 1.54) is 0 Å². The zero-order chi connectivity index (χ0) is 9.68. The standard InChI is InChI=1S/C11H19NO/c1-3-4-7-12-8-5-11(6-9-12)10(2)13/h10-11,13H,5-9H2,1-2H3. The van der Waals surface area contributed by atoms with Crippen LogP contribution in [0.4, 0.5) is 0 Å². The van der Waals surface area contributed by atoms with Crippen LogP contribution < -0.4 is 0 Å². The first-order chi connectivity index (χ1) is 6.24. The van der Waals surface area contributed by atoms with Crippen LogP contribution in [0, 0.1) is 17.8 Å². The Morgan fingerprint density at radius 3 is 2.54 bits per heavy atom. The van der Waals surface area contributed by atoms with E-state index >= 15 is 0 Å². The van der Waals surface area contributed by atoms with Crippen molar-refractivity contribution in [1.29, 1.82) is 0 Å². The molecule has 0 bridgehead atoms. The van der Waals surface area contributed by atoms with Crippen molar-refractivity contribution in [2.75, 3.05) is 19.6 Å². The molecular formula is C11H19NO. The Morgan fingerprint density at radius 1 is 1.46 bits per heavy atom. The molecule has 13 heavy (non-hydrogen) atoms. The highest BCUT2D eigenvalue weighted by Gasteiger charge is 2.21. The molecule has 0 aliphatic carbocycles. The number of nitrogens with zero attached hydrogens (tertiary/aromatic N) is 1. The molecule has 2 nitrogen and oxygen atoms in total. The minimum Gasteiger partial charge on any atom is -0.393 e. The van der Waals surface area contributed by atoms with Gasteiger partial charge in [0.05, 0.1) is 12.6 Å². The minimum absolute atomic E-state index is 0.139. The molecule has 1 aliphatic heterocycles. The van der Waals surface area contributed by atoms with Crippen LogP contribution in [0.1, 0.15) is 26.7 Å². The van der Waals surface area contributed by atoms with E-state index in [0.717, 1.165) is 32.5 Å². The van der Waals surface area contributed by atoms with Crippen molar-refractivity contribution in [3.8, 4) is 11.8 Å². The van der Waals surface area contributed by atoms with Crippen molar-refractivity contribution in [2.45, 2.75) is 32.8 Å². The van der Waals surface area contributed by atoms with Crippen molar-refractivity contribution < 1.29 is 5.11 Å². The summed E-state index contributed by atoms with van der Waals surface area (Å²) in [7, 11) is 0. The largest absolute Gasteiger partial charge is 0.393 e. The Bertz CT molecular complexity index is 194. The Kier molecular flexibility index (Phi) is 4.27. The summed E-state index contributed by atoms with van der Waals surface area (Å²) >= 11 is 0. The smallest absolute Gasteiger partial charge is 0.0601 e. The summed E-state index contributed by atoms with van der Waals surface area (Å²) in [4.78, 5) is 2.36. The average Bonchev–Trinajstić information content (AvgIpc) is 2.15. The highest BCUT2D eigenvalue weighted by Crippen LogP contribution is 2.19. The molecule has 0 radical (unpaired) electrons. The maximum absolute atomic E-state index is 9.39. The van der Waals surface area contributed by atoms with Crippen molar-refractivity contribution >= 4 is 0 Å². The van der Waals surface area contributed by atoms with Crippen LogP contribution in [0.3, 0.4) is 0 Å². The lowest BCUT2D eigenvalue weighted by Crippen LogP contribution is -2.37. The fourth-order valence-corrected chi connectivity index (χ4v) is 1.78. The topological polar surface area (TPSA) is 23.5 Å². The quantitative estimate of drug-likeness (QED) is 0.645. The molecule has 0 saturated carbocycles. The zero-order valence-electron chi connectivity index (χ0n) is 8.58. The molecule has 1 N–H and O–H groups in total. The second-order valence-electron chi connectivity index (χ2n) is 3.78. The van der Waals surface area contributed by atoms with E-state index < -0.39 is 0 Å². The number of hydrogen-bond acceptors (Lipinski definition) is 2. The third-order valence-corrected chi connectivity index (χ3v) is 2.79. The molecule has 0 amide bonds. The van der Waals surface area contributed by atoms with Crippen molar-refractivity contribution in [2.24, 2.45) is 5.92 Å². The van der Waals surface area contributed by atoms with Gasteiger partial charge in [-0.15, -0.1) is 5.92 Å². The SMILES string of the molecule is CC#CCN1CCC(C(C)O)CC1. The van der Waals surface area contributed by atoms with Gasteiger partial charge in [-0.2, -0.15) is 0 Å². The molecule has 0 aromatic heterocycles. The van der Waals surface area contributed by atoms with Crippen LogP contribution in [0.2, 0.25) is 0 Å². The Labute approximate surface area is 80.9 Å². The van der Waals surface area contributed by atoms with Crippen LogP contribution in [-0.4, -0.2) is 35.7 Å². The first-order valence-electron chi connectivity index (χ1n) is 5.04.